The largest absolute Gasteiger partial charge is 0.481 e. The summed E-state index contributed by atoms with van der Waals surface area (Å²) in [5.74, 6) is -0.205. The van der Waals surface area contributed by atoms with Crippen LogP contribution in [0.2, 0.25) is 0 Å². The smallest absolute Gasteiger partial charge is 0.308 e. The maximum atomic E-state index is 10.8. The van der Waals surface area contributed by atoms with Crippen molar-refractivity contribution in [3.63, 3.8) is 0 Å². The summed E-state index contributed by atoms with van der Waals surface area (Å²) in [7, 11) is 0. The molecular formula is C11H11N3O2. The quantitative estimate of drug-likeness (QED) is 0.792. The predicted octanol–water partition coefficient (Wildman–Crippen LogP) is 1.14. The average molecular weight is 217 g/mol. The van der Waals surface area contributed by atoms with Gasteiger partial charge in [0.15, 0.2) is 0 Å². The van der Waals surface area contributed by atoms with Crippen LogP contribution in [-0.2, 0) is 17.8 Å². The monoisotopic (exact) mass is 217 g/mol. The second kappa shape index (κ2) is 3.23. The lowest BCUT2D eigenvalue weighted by Gasteiger charge is -2.00. The molecule has 3 heterocycles. The van der Waals surface area contributed by atoms with E-state index < -0.39 is 5.97 Å². The minimum atomic E-state index is -0.744. The molecule has 82 valence electrons. The van der Waals surface area contributed by atoms with Crippen molar-refractivity contribution in [2.75, 3.05) is 0 Å². The van der Waals surface area contributed by atoms with Gasteiger partial charge in [-0.1, -0.05) is 0 Å². The summed E-state index contributed by atoms with van der Waals surface area (Å²) >= 11 is 0. The highest BCUT2D eigenvalue weighted by Crippen LogP contribution is 2.24. The summed E-state index contributed by atoms with van der Waals surface area (Å²) in [5, 5.41) is 8.91. The highest BCUT2D eigenvalue weighted by molar-refractivity contribution is 5.71. The third-order valence-electron chi connectivity index (χ3n) is 2.93. The van der Waals surface area contributed by atoms with Crippen LogP contribution in [0.5, 0.6) is 0 Å². The Hall–Kier alpha value is -2.04. The molecule has 16 heavy (non-hydrogen) atoms. The van der Waals surface area contributed by atoms with Crippen molar-refractivity contribution >= 4 is 5.97 Å². The van der Waals surface area contributed by atoms with E-state index in [9.17, 15) is 4.79 Å². The fraction of sp³-hybridized carbons (Fsp3) is 0.273. The van der Waals surface area contributed by atoms with Gasteiger partial charge in [-0.05, 0) is 12.1 Å². The second-order valence-electron chi connectivity index (χ2n) is 4.02. The molecule has 0 bridgehead atoms. The number of carboxylic acid groups (broad SMARTS) is 1. The lowest BCUT2D eigenvalue weighted by Crippen LogP contribution is -2.14. The molecule has 5 nitrogen and oxygen atoms in total. The summed E-state index contributed by atoms with van der Waals surface area (Å²) in [6.45, 7) is 0.526. The number of aromatic amines is 1. The molecule has 0 fully saturated rings. The Morgan fingerprint density at radius 2 is 2.50 bits per heavy atom. The third kappa shape index (κ3) is 1.32. The number of hydrogen-bond donors (Lipinski definition) is 2. The molecule has 0 amide bonds. The molecule has 0 aliphatic carbocycles. The van der Waals surface area contributed by atoms with E-state index in [0.717, 1.165) is 17.2 Å². The minimum absolute atomic E-state index is 0.319. The van der Waals surface area contributed by atoms with Crippen LogP contribution in [0.15, 0.2) is 24.5 Å². The molecule has 2 aromatic rings. The van der Waals surface area contributed by atoms with Gasteiger partial charge >= 0.3 is 5.97 Å². The van der Waals surface area contributed by atoms with Crippen LogP contribution in [0.25, 0.3) is 11.4 Å². The predicted molar refractivity (Wildman–Crippen MR) is 56.8 cm³/mol. The zero-order valence-corrected chi connectivity index (χ0v) is 8.55. The molecule has 2 aromatic heterocycles. The molecule has 0 saturated carbocycles. The van der Waals surface area contributed by atoms with Crippen molar-refractivity contribution in [1.29, 1.82) is 0 Å². The van der Waals surface area contributed by atoms with E-state index >= 15 is 0 Å². The summed E-state index contributed by atoms with van der Waals surface area (Å²) in [5.41, 5.74) is 1.85. The Morgan fingerprint density at radius 3 is 3.12 bits per heavy atom. The number of aromatic nitrogens is 3. The van der Waals surface area contributed by atoms with Crippen molar-refractivity contribution < 1.29 is 9.90 Å². The summed E-state index contributed by atoms with van der Waals surface area (Å²) in [6, 6.07) is 3.87. The Morgan fingerprint density at radius 1 is 1.62 bits per heavy atom. The molecule has 1 atom stereocenters. The normalized spacial score (nSPS) is 18.6. The molecule has 3 rings (SSSR count). The molecule has 0 spiro atoms. The molecular weight excluding hydrogens is 206 g/mol. The molecule has 1 aliphatic rings. The molecule has 0 saturated heterocycles. The number of hydrogen-bond acceptors (Lipinski definition) is 2. The van der Waals surface area contributed by atoms with Gasteiger partial charge in [0.25, 0.3) is 0 Å². The van der Waals surface area contributed by atoms with Crippen molar-refractivity contribution in [1.82, 2.24) is 14.5 Å². The lowest BCUT2D eigenvalue weighted by atomic mass is 10.1. The fourth-order valence-corrected chi connectivity index (χ4v) is 2.08. The van der Waals surface area contributed by atoms with Crippen molar-refractivity contribution in [2.24, 2.45) is 5.92 Å². The topological polar surface area (TPSA) is 70.9 Å². The Labute approximate surface area is 91.7 Å². The van der Waals surface area contributed by atoms with Gasteiger partial charge in [-0.25, -0.2) is 4.98 Å². The van der Waals surface area contributed by atoms with Crippen molar-refractivity contribution in [2.45, 2.75) is 13.0 Å². The maximum absolute atomic E-state index is 10.8. The molecule has 1 unspecified atom stereocenters. The fourth-order valence-electron chi connectivity index (χ4n) is 2.08. The zero-order chi connectivity index (χ0) is 11.1. The minimum Gasteiger partial charge on any atom is -0.481 e. The number of fused-ring (bicyclic) bond motifs is 1. The van der Waals surface area contributed by atoms with Crippen LogP contribution in [0.4, 0.5) is 0 Å². The van der Waals surface area contributed by atoms with Crippen LogP contribution in [0.1, 0.15) is 5.82 Å². The first-order chi connectivity index (χ1) is 7.74. The highest BCUT2D eigenvalue weighted by Gasteiger charge is 2.28. The van der Waals surface area contributed by atoms with E-state index in [1.807, 2.05) is 29.1 Å². The average Bonchev–Trinajstić information content (AvgIpc) is 2.91. The highest BCUT2D eigenvalue weighted by atomic mass is 16.4. The van der Waals surface area contributed by atoms with Crippen molar-refractivity contribution in [3.05, 3.63) is 30.4 Å². The second-order valence-corrected chi connectivity index (χ2v) is 4.02. The Balaban J connectivity index is 1.90. The van der Waals surface area contributed by atoms with Crippen molar-refractivity contribution in [3.8, 4) is 11.4 Å². The Bertz CT molecular complexity index is 504. The first-order valence-electron chi connectivity index (χ1n) is 5.16. The summed E-state index contributed by atoms with van der Waals surface area (Å²) in [4.78, 5) is 18.4. The zero-order valence-electron chi connectivity index (χ0n) is 8.55. The van der Waals surface area contributed by atoms with Crippen LogP contribution < -0.4 is 0 Å². The number of nitrogens with zero attached hydrogens (tertiary/aromatic N) is 2. The van der Waals surface area contributed by atoms with Gasteiger partial charge in [0, 0.05) is 25.4 Å². The van der Waals surface area contributed by atoms with Gasteiger partial charge in [0.05, 0.1) is 11.6 Å². The SMILES string of the molecule is O=C(O)C1Cc2nc(-c3ccc[nH]3)cn2C1. The van der Waals surface area contributed by atoms with E-state index in [1.54, 1.807) is 0 Å². The number of carboxylic acids is 1. The van der Waals surface area contributed by atoms with Crippen LogP contribution >= 0.6 is 0 Å². The number of carbonyl (C=O) groups is 1. The molecule has 5 heteroatoms. The first-order valence-corrected chi connectivity index (χ1v) is 5.16. The van der Waals surface area contributed by atoms with Gasteiger partial charge in [-0.3, -0.25) is 4.79 Å². The summed E-state index contributed by atoms with van der Waals surface area (Å²) < 4.78 is 1.93. The Kier molecular flexibility index (Phi) is 1.86. The molecule has 0 aromatic carbocycles. The number of imidazole rings is 1. The van der Waals surface area contributed by atoms with Crippen LogP contribution in [0, 0.1) is 5.92 Å². The van der Waals surface area contributed by atoms with Crippen LogP contribution in [-0.4, -0.2) is 25.6 Å². The van der Waals surface area contributed by atoms with Gasteiger partial charge in [0.1, 0.15) is 11.5 Å². The standard InChI is InChI=1S/C11H11N3O2/c15-11(16)7-4-10-13-9(6-14(10)5-7)8-2-1-3-12-8/h1-3,6-7,12H,4-5H2,(H,15,16). The number of rotatable bonds is 2. The maximum Gasteiger partial charge on any atom is 0.308 e. The van der Waals surface area contributed by atoms with E-state index in [4.69, 9.17) is 5.11 Å². The van der Waals surface area contributed by atoms with E-state index in [1.165, 1.54) is 0 Å². The van der Waals surface area contributed by atoms with Crippen LogP contribution in [0.3, 0.4) is 0 Å². The van der Waals surface area contributed by atoms with E-state index in [2.05, 4.69) is 9.97 Å². The molecule has 2 N–H and O–H groups in total. The molecule has 1 aliphatic heterocycles. The van der Waals surface area contributed by atoms with E-state index in [-0.39, 0.29) is 5.92 Å². The number of nitrogens with one attached hydrogen (secondary N) is 1. The molecule has 0 radical (unpaired) electrons. The van der Waals surface area contributed by atoms with Gasteiger partial charge in [-0.2, -0.15) is 0 Å². The summed E-state index contributed by atoms with van der Waals surface area (Å²) in [6.07, 6.45) is 4.28. The first kappa shape index (κ1) is 9.21. The lowest BCUT2D eigenvalue weighted by molar-refractivity contribution is -0.141. The van der Waals surface area contributed by atoms with E-state index in [0.29, 0.717) is 13.0 Å². The third-order valence-corrected chi connectivity index (χ3v) is 2.93. The van der Waals surface area contributed by atoms with Gasteiger partial charge in [0.2, 0.25) is 0 Å². The van der Waals surface area contributed by atoms with Gasteiger partial charge < -0.3 is 14.7 Å². The number of aliphatic carboxylic acids is 1. The van der Waals surface area contributed by atoms with Gasteiger partial charge in [-0.15, -0.1) is 0 Å². The number of H-pyrrole nitrogens is 1.